The Bertz CT molecular complexity index is 249. The van der Waals surface area contributed by atoms with Crippen molar-refractivity contribution >= 4 is 12.3 Å². The highest BCUT2D eigenvalue weighted by Crippen LogP contribution is 2.02. The third-order valence-corrected chi connectivity index (χ3v) is 2.19. The van der Waals surface area contributed by atoms with Crippen LogP contribution >= 0.6 is 0 Å². The third-order valence-electron chi connectivity index (χ3n) is 2.19. The predicted octanol–water partition coefficient (Wildman–Crippen LogP) is 0.253. The second kappa shape index (κ2) is 4.79. The standard InChI is InChI=1S/C10H16N2O2/c1-9(2)7-10(14)12-5-3-11(8-13)4-6-12/h7-8H,3-6H2,1-2H3. The maximum Gasteiger partial charge on any atom is 0.246 e. The van der Waals surface area contributed by atoms with Crippen LogP contribution in [-0.4, -0.2) is 48.3 Å². The SMILES string of the molecule is CC(C)=CC(=O)N1CCN(C=O)CC1. The molecule has 0 radical (unpaired) electrons. The molecular weight excluding hydrogens is 180 g/mol. The number of amides is 2. The summed E-state index contributed by atoms with van der Waals surface area (Å²) in [6.45, 7) is 6.37. The van der Waals surface area contributed by atoms with Gasteiger partial charge in [-0.2, -0.15) is 0 Å². The molecule has 2 amide bonds. The molecular formula is C10H16N2O2. The van der Waals surface area contributed by atoms with Crippen molar-refractivity contribution in [2.45, 2.75) is 13.8 Å². The average Bonchev–Trinajstić information content (AvgIpc) is 2.17. The summed E-state index contributed by atoms with van der Waals surface area (Å²) in [7, 11) is 0. The van der Waals surface area contributed by atoms with E-state index in [0.717, 1.165) is 12.0 Å². The van der Waals surface area contributed by atoms with E-state index in [1.807, 2.05) is 13.8 Å². The molecule has 1 rings (SSSR count). The van der Waals surface area contributed by atoms with E-state index >= 15 is 0 Å². The number of carbonyl (C=O) groups excluding carboxylic acids is 2. The lowest BCUT2D eigenvalue weighted by atomic mass is 10.2. The van der Waals surface area contributed by atoms with Crippen LogP contribution in [-0.2, 0) is 9.59 Å². The zero-order valence-corrected chi connectivity index (χ0v) is 8.69. The second-order valence-electron chi connectivity index (χ2n) is 3.69. The number of allylic oxidation sites excluding steroid dienone is 1. The Balaban J connectivity index is 2.45. The van der Waals surface area contributed by atoms with E-state index in [4.69, 9.17) is 0 Å². The lowest BCUT2D eigenvalue weighted by molar-refractivity contribution is -0.130. The van der Waals surface area contributed by atoms with Crippen molar-refractivity contribution in [1.82, 2.24) is 9.80 Å². The topological polar surface area (TPSA) is 40.6 Å². The summed E-state index contributed by atoms with van der Waals surface area (Å²) >= 11 is 0. The molecule has 4 nitrogen and oxygen atoms in total. The zero-order valence-electron chi connectivity index (χ0n) is 8.69. The van der Waals surface area contributed by atoms with Gasteiger partial charge in [-0.3, -0.25) is 9.59 Å². The Labute approximate surface area is 84.2 Å². The molecule has 1 heterocycles. The van der Waals surface area contributed by atoms with Crippen molar-refractivity contribution in [3.05, 3.63) is 11.6 Å². The summed E-state index contributed by atoms with van der Waals surface area (Å²) in [5.74, 6) is 0.0514. The summed E-state index contributed by atoms with van der Waals surface area (Å²) in [5, 5.41) is 0. The Morgan fingerprint density at radius 2 is 1.71 bits per heavy atom. The molecule has 0 N–H and O–H groups in total. The minimum atomic E-state index is 0.0514. The molecule has 0 bridgehead atoms. The molecule has 1 aliphatic rings. The Morgan fingerprint density at radius 1 is 1.14 bits per heavy atom. The first-order valence-electron chi connectivity index (χ1n) is 4.76. The summed E-state index contributed by atoms with van der Waals surface area (Å²) in [6.07, 6.45) is 2.47. The van der Waals surface area contributed by atoms with Gasteiger partial charge in [-0.15, -0.1) is 0 Å². The van der Waals surface area contributed by atoms with Gasteiger partial charge in [0.15, 0.2) is 0 Å². The fourth-order valence-electron chi connectivity index (χ4n) is 1.39. The van der Waals surface area contributed by atoms with Gasteiger partial charge in [0.05, 0.1) is 0 Å². The normalized spacial score (nSPS) is 16.4. The summed E-state index contributed by atoms with van der Waals surface area (Å²) < 4.78 is 0. The molecule has 0 unspecified atom stereocenters. The van der Waals surface area contributed by atoms with Crippen molar-refractivity contribution in [2.24, 2.45) is 0 Å². The number of hydrogen-bond donors (Lipinski definition) is 0. The van der Waals surface area contributed by atoms with Crippen molar-refractivity contribution in [2.75, 3.05) is 26.2 Å². The van der Waals surface area contributed by atoms with Crippen LogP contribution in [0.2, 0.25) is 0 Å². The molecule has 1 saturated heterocycles. The van der Waals surface area contributed by atoms with E-state index in [1.165, 1.54) is 0 Å². The van der Waals surface area contributed by atoms with Gasteiger partial charge in [0.1, 0.15) is 0 Å². The van der Waals surface area contributed by atoms with Gasteiger partial charge < -0.3 is 9.80 Å². The molecule has 4 heteroatoms. The zero-order chi connectivity index (χ0) is 10.6. The van der Waals surface area contributed by atoms with Crippen LogP contribution in [0.4, 0.5) is 0 Å². The van der Waals surface area contributed by atoms with Gasteiger partial charge in [-0.25, -0.2) is 0 Å². The molecule has 0 spiro atoms. The number of hydrogen-bond acceptors (Lipinski definition) is 2. The van der Waals surface area contributed by atoms with Gasteiger partial charge in [-0.1, -0.05) is 5.57 Å². The Morgan fingerprint density at radius 3 is 2.14 bits per heavy atom. The maximum atomic E-state index is 11.5. The summed E-state index contributed by atoms with van der Waals surface area (Å²) in [5.41, 5.74) is 1.01. The van der Waals surface area contributed by atoms with Crippen LogP contribution in [0.5, 0.6) is 0 Å². The number of rotatable bonds is 2. The highest BCUT2D eigenvalue weighted by Gasteiger charge is 2.18. The molecule has 0 aromatic heterocycles. The highest BCUT2D eigenvalue weighted by molar-refractivity contribution is 5.88. The molecule has 0 atom stereocenters. The van der Waals surface area contributed by atoms with Gasteiger partial charge in [0, 0.05) is 32.3 Å². The summed E-state index contributed by atoms with van der Waals surface area (Å²) in [4.78, 5) is 25.4. The molecule has 0 aliphatic carbocycles. The van der Waals surface area contributed by atoms with Crippen LogP contribution in [0.3, 0.4) is 0 Å². The van der Waals surface area contributed by atoms with Crippen LogP contribution in [0.15, 0.2) is 11.6 Å². The van der Waals surface area contributed by atoms with Crippen molar-refractivity contribution in [3.8, 4) is 0 Å². The molecule has 14 heavy (non-hydrogen) atoms. The fraction of sp³-hybridized carbons (Fsp3) is 0.600. The van der Waals surface area contributed by atoms with Gasteiger partial charge >= 0.3 is 0 Å². The predicted molar refractivity (Wildman–Crippen MR) is 53.6 cm³/mol. The third kappa shape index (κ3) is 2.87. The largest absolute Gasteiger partial charge is 0.342 e. The van der Waals surface area contributed by atoms with Crippen LogP contribution in [0.1, 0.15) is 13.8 Å². The first-order chi connectivity index (χ1) is 6.63. The quantitative estimate of drug-likeness (QED) is 0.469. The van der Waals surface area contributed by atoms with E-state index in [-0.39, 0.29) is 5.91 Å². The van der Waals surface area contributed by atoms with E-state index in [9.17, 15) is 9.59 Å². The van der Waals surface area contributed by atoms with Crippen molar-refractivity contribution in [3.63, 3.8) is 0 Å². The highest BCUT2D eigenvalue weighted by atomic mass is 16.2. The van der Waals surface area contributed by atoms with E-state index < -0.39 is 0 Å². The molecule has 0 aromatic rings. The number of carbonyl (C=O) groups is 2. The molecule has 0 saturated carbocycles. The minimum absolute atomic E-state index is 0.0514. The Kier molecular flexibility index (Phi) is 3.68. The van der Waals surface area contributed by atoms with Crippen molar-refractivity contribution < 1.29 is 9.59 Å². The van der Waals surface area contributed by atoms with Crippen LogP contribution < -0.4 is 0 Å². The summed E-state index contributed by atoms with van der Waals surface area (Å²) in [6, 6.07) is 0. The molecule has 78 valence electrons. The number of nitrogens with zero attached hydrogens (tertiary/aromatic N) is 2. The fourth-order valence-corrected chi connectivity index (χ4v) is 1.39. The van der Waals surface area contributed by atoms with Crippen LogP contribution in [0, 0.1) is 0 Å². The van der Waals surface area contributed by atoms with E-state index in [1.54, 1.807) is 15.9 Å². The van der Waals surface area contributed by atoms with Crippen molar-refractivity contribution in [1.29, 1.82) is 0 Å². The first kappa shape index (κ1) is 10.8. The number of piperazine rings is 1. The lowest BCUT2D eigenvalue weighted by Gasteiger charge is -2.31. The average molecular weight is 196 g/mol. The van der Waals surface area contributed by atoms with E-state index in [0.29, 0.717) is 26.2 Å². The van der Waals surface area contributed by atoms with Crippen LogP contribution in [0.25, 0.3) is 0 Å². The molecule has 0 aromatic carbocycles. The lowest BCUT2D eigenvalue weighted by Crippen LogP contribution is -2.47. The van der Waals surface area contributed by atoms with Gasteiger partial charge in [0.2, 0.25) is 12.3 Å². The smallest absolute Gasteiger partial charge is 0.246 e. The maximum absolute atomic E-state index is 11.5. The van der Waals surface area contributed by atoms with E-state index in [2.05, 4.69) is 0 Å². The first-order valence-corrected chi connectivity index (χ1v) is 4.76. The molecule has 1 fully saturated rings. The van der Waals surface area contributed by atoms with Gasteiger partial charge in [-0.05, 0) is 13.8 Å². The monoisotopic (exact) mass is 196 g/mol. The molecule has 1 aliphatic heterocycles. The second-order valence-corrected chi connectivity index (χ2v) is 3.69. The Hall–Kier alpha value is -1.32. The van der Waals surface area contributed by atoms with Gasteiger partial charge in [0.25, 0.3) is 0 Å². The minimum Gasteiger partial charge on any atom is -0.342 e.